The molecule has 1 aromatic heterocycles. The third kappa shape index (κ3) is 3.25. The van der Waals surface area contributed by atoms with Crippen molar-refractivity contribution in [3.05, 3.63) is 51.2 Å². The van der Waals surface area contributed by atoms with Crippen LogP contribution in [0, 0.1) is 6.92 Å². The number of rotatable bonds is 3. The van der Waals surface area contributed by atoms with Crippen LogP contribution in [0.4, 0.5) is 5.69 Å². The van der Waals surface area contributed by atoms with Gasteiger partial charge in [-0.1, -0.05) is 12.1 Å². The van der Waals surface area contributed by atoms with E-state index in [0.717, 1.165) is 13.1 Å². The number of thiophene rings is 1. The highest BCUT2D eigenvalue weighted by Crippen LogP contribution is 2.31. The Labute approximate surface area is 150 Å². The highest BCUT2D eigenvalue weighted by Gasteiger charge is 2.25. The van der Waals surface area contributed by atoms with Gasteiger partial charge in [-0.25, -0.2) is 0 Å². The van der Waals surface area contributed by atoms with E-state index in [1.807, 2.05) is 11.3 Å². The van der Waals surface area contributed by atoms with Crippen LogP contribution < -0.4 is 4.90 Å². The highest BCUT2D eigenvalue weighted by molar-refractivity contribution is 7.10. The summed E-state index contributed by atoms with van der Waals surface area (Å²) in [4.78, 5) is 6.91. The van der Waals surface area contributed by atoms with Crippen molar-refractivity contribution >= 4 is 17.0 Å². The largest absolute Gasteiger partial charge is 0.366 e. The predicted molar refractivity (Wildman–Crippen MR) is 104 cm³/mol. The second kappa shape index (κ2) is 6.89. The number of hydrogen-bond donors (Lipinski definition) is 0. The summed E-state index contributed by atoms with van der Waals surface area (Å²) in [5, 5.41) is 2.44. The molecule has 2 nitrogen and oxygen atoms in total. The molecule has 0 N–H and O–H groups in total. The average molecular weight is 341 g/mol. The maximum absolute atomic E-state index is 2.66. The van der Waals surface area contributed by atoms with Crippen LogP contribution in [0.1, 0.15) is 41.3 Å². The summed E-state index contributed by atoms with van der Waals surface area (Å²) in [5.41, 5.74) is 6.05. The summed E-state index contributed by atoms with van der Waals surface area (Å²) in [6, 6.07) is 9.52. The minimum absolute atomic E-state index is 0.579. The first kappa shape index (κ1) is 16.2. The Balaban J connectivity index is 1.42. The van der Waals surface area contributed by atoms with Crippen LogP contribution in [0.5, 0.6) is 0 Å². The van der Waals surface area contributed by atoms with Gasteiger partial charge in [-0.2, -0.15) is 0 Å². The van der Waals surface area contributed by atoms with Crippen molar-refractivity contribution in [1.82, 2.24) is 4.90 Å². The van der Waals surface area contributed by atoms with Crippen molar-refractivity contribution in [1.29, 1.82) is 0 Å². The Morgan fingerprint density at radius 2 is 2.04 bits per heavy atom. The standard InChI is InChI=1S/C21H28N2S/c1-16-6-5-7-19(12-16)23-11-10-22(13-17(23)2)14-18-15-24-21-9-4-3-8-20(18)21/h5-7,12,15,17H,3-4,8-11,13-14H2,1-2H3/t17-/m1/s1. The highest BCUT2D eigenvalue weighted by atomic mass is 32.1. The lowest BCUT2D eigenvalue weighted by atomic mass is 9.95. The van der Waals surface area contributed by atoms with Gasteiger partial charge < -0.3 is 4.90 Å². The van der Waals surface area contributed by atoms with Gasteiger partial charge in [-0.3, -0.25) is 4.90 Å². The lowest BCUT2D eigenvalue weighted by Crippen LogP contribution is -2.51. The van der Waals surface area contributed by atoms with Gasteiger partial charge in [0.1, 0.15) is 0 Å². The maximum atomic E-state index is 2.66. The van der Waals surface area contributed by atoms with E-state index < -0.39 is 0 Å². The van der Waals surface area contributed by atoms with Crippen molar-refractivity contribution < 1.29 is 0 Å². The van der Waals surface area contributed by atoms with E-state index in [9.17, 15) is 0 Å². The van der Waals surface area contributed by atoms with E-state index >= 15 is 0 Å². The molecule has 1 fully saturated rings. The van der Waals surface area contributed by atoms with Crippen molar-refractivity contribution in [2.45, 2.75) is 52.1 Å². The summed E-state index contributed by atoms with van der Waals surface area (Å²) < 4.78 is 0. The molecule has 0 radical (unpaired) electrons. The van der Waals surface area contributed by atoms with Gasteiger partial charge in [0.15, 0.2) is 0 Å². The van der Waals surface area contributed by atoms with Crippen LogP contribution in [0.3, 0.4) is 0 Å². The minimum Gasteiger partial charge on any atom is -0.366 e. The third-order valence-corrected chi connectivity index (χ3v) is 6.72. The monoisotopic (exact) mass is 340 g/mol. The lowest BCUT2D eigenvalue weighted by molar-refractivity contribution is 0.220. The van der Waals surface area contributed by atoms with Gasteiger partial charge >= 0.3 is 0 Å². The smallest absolute Gasteiger partial charge is 0.0389 e. The number of hydrogen-bond acceptors (Lipinski definition) is 3. The molecule has 2 heterocycles. The van der Waals surface area contributed by atoms with Crippen molar-refractivity contribution in [3.8, 4) is 0 Å². The molecule has 4 rings (SSSR count). The van der Waals surface area contributed by atoms with Crippen LogP contribution >= 0.6 is 11.3 Å². The Morgan fingerprint density at radius 3 is 2.88 bits per heavy atom. The zero-order valence-corrected chi connectivity index (χ0v) is 15.7. The molecule has 1 aliphatic heterocycles. The molecular formula is C21H28N2S. The van der Waals surface area contributed by atoms with Crippen molar-refractivity contribution in [2.24, 2.45) is 0 Å². The van der Waals surface area contributed by atoms with E-state index in [1.54, 1.807) is 16.0 Å². The number of aryl methyl sites for hydroxylation is 2. The molecule has 0 unspecified atom stereocenters. The normalized spacial score (nSPS) is 21.8. The van der Waals surface area contributed by atoms with Gasteiger partial charge in [-0.15, -0.1) is 11.3 Å². The Bertz CT molecular complexity index is 706. The molecule has 2 aromatic rings. The Hall–Kier alpha value is -1.32. The zero-order valence-electron chi connectivity index (χ0n) is 14.9. The summed E-state index contributed by atoms with van der Waals surface area (Å²) in [6.07, 6.45) is 5.40. The lowest BCUT2D eigenvalue weighted by Gasteiger charge is -2.41. The number of benzene rings is 1. The summed E-state index contributed by atoms with van der Waals surface area (Å²) in [6.45, 7) is 9.18. The molecule has 2 aliphatic rings. The van der Waals surface area contributed by atoms with Crippen LogP contribution in [-0.4, -0.2) is 30.6 Å². The molecule has 0 spiro atoms. The first-order valence-electron chi connectivity index (χ1n) is 9.34. The molecule has 1 aromatic carbocycles. The molecule has 0 bridgehead atoms. The van der Waals surface area contributed by atoms with Crippen molar-refractivity contribution in [3.63, 3.8) is 0 Å². The van der Waals surface area contributed by atoms with E-state index in [1.165, 1.54) is 50.0 Å². The molecule has 0 amide bonds. The molecule has 1 saturated heterocycles. The fraction of sp³-hybridized carbons (Fsp3) is 0.524. The Kier molecular flexibility index (Phi) is 4.64. The number of anilines is 1. The van der Waals surface area contributed by atoms with Crippen LogP contribution in [-0.2, 0) is 19.4 Å². The second-order valence-electron chi connectivity index (χ2n) is 7.49. The number of piperazine rings is 1. The molecule has 128 valence electrons. The minimum atomic E-state index is 0.579. The topological polar surface area (TPSA) is 6.48 Å². The fourth-order valence-electron chi connectivity index (χ4n) is 4.30. The number of nitrogens with zero attached hydrogens (tertiary/aromatic N) is 2. The van der Waals surface area contributed by atoms with E-state index in [-0.39, 0.29) is 0 Å². The zero-order chi connectivity index (χ0) is 16.5. The van der Waals surface area contributed by atoms with Crippen LogP contribution in [0.25, 0.3) is 0 Å². The summed E-state index contributed by atoms with van der Waals surface area (Å²) in [7, 11) is 0. The molecule has 3 heteroatoms. The first-order chi connectivity index (χ1) is 11.7. The molecular weight excluding hydrogens is 312 g/mol. The third-order valence-electron chi connectivity index (χ3n) is 5.59. The molecule has 1 aliphatic carbocycles. The van der Waals surface area contributed by atoms with Crippen LogP contribution in [0.15, 0.2) is 29.6 Å². The van der Waals surface area contributed by atoms with Crippen molar-refractivity contribution in [2.75, 3.05) is 24.5 Å². The van der Waals surface area contributed by atoms with Gasteiger partial charge in [0.05, 0.1) is 0 Å². The van der Waals surface area contributed by atoms with Gasteiger partial charge in [0.25, 0.3) is 0 Å². The summed E-state index contributed by atoms with van der Waals surface area (Å²) >= 11 is 2.00. The van der Waals surface area contributed by atoms with E-state index in [0.29, 0.717) is 6.04 Å². The maximum Gasteiger partial charge on any atom is 0.0389 e. The van der Waals surface area contributed by atoms with Gasteiger partial charge in [-0.05, 0) is 73.7 Å². The average Bonchev–Trinajstić information content (AvgIpc) is 2.98. The SMILES string of the molecule is Cc1cccc(N2CCN(Cc3csc4c3CCCC4)C[C@H]2C)c1. The van der Waals surface area contributed by atoms with E-state index in [2.05, 4.69) is 53.3 Å². The van der Waals surface area contributed by atoms with Gasteiger partial charge in [0.2, 0.25) is 0 Å². The van der Waals surface area contributed by atoms with Gasteiger partial charge in [0, 0.05) is 42.8 Å². The predicted octanol–water partition coefficient (Wildman–Crippen LogP) is 4.65. The van der Waals surface area contributed by atoms with E-state index in [4.69, 9.17) is 0 Å². The molecule has 1 atom stereocenters. The molecule has 0 saturated carbocycles. The number of fused-ring (bicyclic) bond motifs is 1. The fourth-order valence-corrected chi connectivity index (χ4v) is 5.44. The second-order valence-corrected chi connectivity index (χ2v) is 8.45. The Morgan fingerprint density at radius 1 is 1.17 bits per heavy atom. The van der Waals surface area contributed by atoms with Crippen LogP contribution in [0.2, 0.25) is 0 Å². The summed E-state index contributed by atoms with van der Waals surface area (Å²) in [5.74, 6) is 0. The quantitative estimate of drug-likeness (QED) is 0.803. The first-order valence-corrected chi connectivity index (χ1v) is 10.2. The molecule has 24 heavy (non-hydrogen) atoms.